The third kappa shape index (κ3) is 4.44. The Labute approximate surface area is 200 Å². The summed E-state index contributed by atoms with van der Waals surface area (Å²) in [5.74, 6) is 0. The van der Waals surface area contributed by atoms with Gasteiger partial charge in [-0.3, -0.25) is 4.72 Å². The molecule has 2 atom stereocenters. The van der Waals surface area contributed by atoms with Crippen molar-refractivity contribution in [2.45, 2.75) is 68.5 Å². The van der Waals surface area contributed by atoms with Crippen molar-refractivity contribution >= 4 is 33.7 Å². The Morgan fingerprint density at radius 1 is 1.09 bits per heavy atom. The fourth-order valence-corrected chi connectivity index (χ4v) is 5.59. The molecule has 2 aromatic rings. The van der Waals surface area contributed by atoms with E-state index in [0.29, 0.717) is 29.3 Å². The van der Waals surface area contributed by atoms with E-state index in [-0.39, 0.29) is 10.3 Å². The third-order valence-corrected chi connectivity index (χ3v) is 7.95. The van der Waals surface area contributed by atoms with Gasteiger partial charge in [0, 0.05) is 17.2 Å². The number of ether oxygens (including phenoxy) is 1. The normalized spacial score (nSPS) is 25.4. The van der Waals surface area contributed by atoms with Gasteiger partial charge in [-0.2, -0.15) is 0 Å². The molecule has 0 bridgehead atoms. The van der Waals surface area contributed by atoms with Crippen molar-refractivity contribution in [1.29, 1.82) is 0 Å². The average Bonchev–Trinajstić information content (AvgIpc) is 3.27. The maximum absolute atomic E-state index is 13.3. The number of aliphatic imine (C=N–C) groups is 1. The molecule has 0 radical (unpaired) electrons. The Bertz CT molecular complexity index is 1180. The van der Waals surface area contributed by atoms with E-state index < -0.39 is 21.3 Å². The van der Waals surface area contributed by atoms with Crippen LogP contribution in [0.4, 0.5) is 5.69 Å². The molecule has 2 aliphatic heterocycles. The topological polar surface area (TPSA) is 92.5 Å². The fourth-order valence-electron chi connectivity index (χ4n) is 4.34. The summed E-state index contributed by atoms with van der Waals surface area (Å²) < 4.78 is 35.5. The van der Waals surface area contributed by atoms with Crippen molar-refractivity contribution in [1.82, 2.24) is 0 Å². The minimum atomic E-state index is -3.88. The van der Waals surface area contributed by atoms with Crippen LogP contribution < -0.4 is 4.72 Å². The van der Waals surface area contributed by atoms with Gasteiger partial charge in [0.05, 0.1) is 10.6 Å². The molecule has 33 heavy (non-hydrogen) atoms. The molecule has 0 aromatic heterocycles. The maximum atomic E-state index is 13.3. The Hall–Kier alpha value is -2.29. The van der Waals surface area contributed by atoms with Gasteiger partial charge in [-0.05, 0) is 67.5 Å². The lowest BCUT2D eigenvalue weighted by atomic mass is 9.78. The second-order valence-corrected chi connectivity index (χ2v) is 11.9. The molecule has 1 N–H and O–H groups in total. The van der Waals surface area contributed by atoms with Crippen molar-refractivity contribution in [3.8, 4) is 0 Å². The van der Waals surface area contributed by atoms with Gasteiger partial charge in [0.2, 0.25) is 5.66 Å². The van der Waals surface area contributed by atoms with Crippen LogP contribution in [-0.2, 0) is 25.8 Å². The molecule has 176 valence electrons. The van der Waals surface area contributed by atoms with Gasteiger partial charge in [-0.1, -0.05) is 44.5 Å². The van der Waals surface area contributed by atoms with Gasteiger partial charge in [-0.15, -0.1) is 10.2 Å². The highest BCUT2D eigenvalue weighted by molar-refractivity contribution is 7.92. The van der Waals surface area contributed by atoms with Gasteiger partial charge >= 0.3 is 0 Å². The van der Waals surface area contributed by atoms with Crippen LogP contribution in [0.5, 0.6) is 0 Å². The van der Waals surface area contributed by atoms with Crippen molar-refractivity contribution in [2.75, 3.05) is 11.3 Å². The van der Waals surface area contributed by atoms with Gasteiger partial charge in [0.25, 0.3) is 10.0 Å². The second-order valence-electron chi connectivity index (χ2n) is 9.74. The number of nitrogens with one attached hydrogen (secondary N) is 1. The van der Waals surface area contributed by atoms with E-state index in [9.17, 15) is 8.42 Å². The number of benzene rings is 2. The van der Waals surface area contributed by atoms with Crippen LogP contribution in [0.15, 0.2) is 62.6 Å². The zero-order valence-electron chi connectivity index (χ0n) is 19.3. The molecule has 2 aliphatic rings. The van der Waals surface area contributed by atoms with Crippen molar-refractivity contribution in [3.05, 3.63) is 58.6 Å². The van der Waals surface area contributed by atoms with Crippen LogP contribution in [0.25, 0.3) is 0 Å². The van der Waals surface area contributed by atoms with Crippen molar-refractivity contribution in [3.63, 3.8) is 0 Å². The van der Waals surface area contributed by atoms with Gasteiger partial charge in [0.1, 0.15) is 11.9 Å². The van der Waals surface area contributed by atoms with Crippen LogP contribution >= 0.6 is 11.6 Å². The Balaban J connectivity index is 1.76. The first-order chi connectivity index (χ1) is 15.5. The van der Waals surface area contributed by atoms with E-state index in [1.807, 2.05) is 19.1 Å². The molecule has 0 spiro atoms. The zero-order chi connectivity index (χ0) is 23.9. The first-order valence-corrected chi connectivity index (χ1v) is 12.9. The second kappa shape index (κ2) is 8.49. The first-order valence-electron chi connectivity index (χ1n) is 11.0. The highest BCUT2D eigenvalue weighted by Crippen LogP contribution is 2.50. The molecule has 2 heterocycles. The quantitative estimate of drug-likeness (QED) is 0.555. The number of hydrogen-bond acceptors (Lipinski definition) is 6. The van der Waals surface area contributed by atoms with Crippen LogP contribution in [0.3, 0.4) is 0 Å². The molecule has 0 aliphatic carbocycles. The number of nitrogens with zero attached hydrogens (tertiary/aromatic N) is 3. The lowest BCUT2D eigenvalue weighted by molar-refractivity contribution is -0.114. The van der Waals surface area contributed by atoms with Gasteiger partial charge in [0.15, 0.2) is 0 Å². The summed E-state index contributed by atoms with van der Waals surface area (Å²) in [5, 5.41) is 8.93. The standard InChI is InChI=1S/C24H29ClN4O3S/c1-22(2,3)17-7-10-19(11-8-17)33(30,31)28-21-12-9-18(25)15-20(21)24(26-16-27-29-24)23(4)13-5-6-14-32-23/h7-12,15-16,28H,5-6,13-14H2,1-4H3. The molecule has 9 heteroatoms. The predicted octanol–water partition coefficient (Wildman–Crippen LogP) is 6.04. The number of hydrogen-bond donors (Lipinski definition) is 1. The number of halogens is 1. The summed E-state index contributed by atoms with van der Waals surface area (Å²) in [6.07, 6.45) is 3.99. The molecule has 0 saturated carbocycles. The van der Waals surface area contributed by atoms with E-state index in [0.717, 1.165) is 18.4 Å². The van der Waals surface area contributed by atoms with E-state index in [1.165, 1.54) is 6.34 Å². The highest BCUT2D eigenvalue weighted by atomic mass is 35.5. The number of sulfonamides is 1. The minimum absolute atomic E-state index is 0.0770. The van der Waals surface area contributed by atoms with E-state index in [1.54, 1.807) is 30.3 Å². The molecule has 2 aromatic carbocycles. The lowest BCUT2D eigenvalue weighted by Gasteiger charge is -2.44. The van der Waals surface area contributed by atoms with Crippen LogP contribution in [0.1, 0.15) is 58.1 Å². The van der Waals surface area contributed by atoms with Gasteiger partial charge < -0.3 is 4.74 Å². The van der Waals surface area contributed by atoms with E-state index in [4.69, 9.17) is 16.3 Å². The summed E-state index contributed by atoms with van der Waals surface area (Å²) in [4.78, 5) is 4.77. The largest absolute Gasteiger partial charge is 0.370 e. The van der Waals surface area contributed by atoms with Crippen LogP contribution in [-0.4, -0.2) is 27.0 Å². The lowest BCUT2D eigenvalue weighted by Crippen LogP contribution is -2.50. The zero-order valence-corrected chi connectivity index (χ0v) is 20.9. The summed E-state index contributed by atoms with van der Waals surface area (Å²) in [6.45, 7) is 8.76. The monoisotopic (exact) mass is 488 g/mol. The Morgan fingerprint density at radius 2 is 1.82 bits per heavy atom. The molecule has 1 fully saturated rings. The summed E-state index contributed by atoms with van der Waals surface area (Å²) in [5.41, 5.74) is -0.199. The summed E-state index contributed by atoms with van der Waals surface area (Å²) in [7, 11) is -3.88. The SMILES string of the molecule is CC(C)(C)c1ccc(S(=O)(=O)Nc2ccc(Cl)cc2C2(C3(C)CCCCO3)N=CN=N2)cc1. The van der Waals surface area contributed by atoms with Crippen LogP contribution in [0, 0.1) is 0 Å². The molecule has 0 amide bonds. The molecule has 7 nitrogen and oxygen atoms in total. The number of anilines is 1. The average molecular weight is 489 g/mol. The highest BCUT2D eigenvalue weighted by Gasteiger charge is 2.54. The van der Waals surface area contributed by atoms with Crippen molar-refractivity contribution < 1.29 is 13.2 Å². The summed E-state index contributed by atoms with van der Waals surface area (Å²) >= 11 is 6.35. The van der Waals surface area contributed by atoms with E-state index in [2.05, 4.69) is 40.7 Å². The summed E-state index contributed by atoms with van der Waals surface area (Å²) in [6, 6.07) is 11.9. The Kier molecular flexibility index (Phi) is 6.14. The molecular formula is C24H29ClN4O3S. The predicted molar refractivity (Wildman–Crippen MR) is 131 cm³/mol. The fraction of sp³-hybridized carbons (Fsp3) is 0.458. The third-order valence-electron chi connectivity index (χ3n) is 6.34. The first kappa shape index (κ1) is 23.9. The Morgan fingerprint density at radius 3 is 2.39 bits per heavy atom. The molecule has 4 rings (SSSR count). The smallest absolute Gasteiger partial charge is 0.261 e. The molecule has 1 saturated heterocycles. The molecule has 2 unspecified atom stereocenters. The van der Waals surface area contributed by atoms with Gasteiger partial charge in [-0.25, -0.2) is 13.4 Å². The van der Waals surface area contributed by atoms with Crippen LogP contribution in [0.2, 0.25) is 5.02 Å². The number of rotatable bonds is 5. The minimum Gasteiger partial charge on any atom is -0.370 e. The van der Waals surface area contributed by atoms with Crippen molar-refractivity contribution in [2.24, 2.45) is 15.2 Å². The maximum Gasteiger partial charge on any atom is 0.261 e. The molecular weight excluding hydrogens is 460 g/mol. The number of azo groups is 1. The van der Waals surface area contributed by atoms with E-state index >= 15 is 0 Å².